The highest BCUT2D eigenvalue weighted by Crippen LogP contribution is 2.31. The second-order valence-corrected chi connectivity index (χ2v) is 9.38. The summed E-state index contributed by atoms with van der Waals surface area (Å²) < 4.78 is 0. The third kappa shape index (κ3) is 9.76. The van der Waals surface area contributed by atoms with Crippen molar-refractivity contribution in [2.45, 2.75) is 64.2 Å². The fourth-order valence-corrected chi connectivity index (χ4v) is 6.78. The summed E-state index contributed by atoms with van der Waals surface area (Å²) in [5.41, 5.74) is 0. The molecule has 0 radical (unpaired) electrons. The molecule has 2 aliphatic carbocycles. The second kappa shape index (κ2) is 14.4. The first-order chi connectivity index (χ1) is 8.95. The van der Waals surface area contributed by atoms with E-state index in [2.05, 4.69) is 0 Å². The molecule has 0 N–H and O–H groups in total. The Bertz CT molecular complexity index is 181. The molecular weight excluding hydrogens is 414 g/mol. The van der Waals surface area contributed by atoms with Gasteiger partial charge in [-0.15, -0.1) is 51.1 Å². The Labute approximate surface area is 151 Å². The van der Waals surface area contributed by atoms with Crippen LogP contribution in [0.3, 0.4) is 0 Å². The summed E-state index contributed by atoms with van der Waals surface area (Å²) >= 11 is 0. The number of rotatable bonds is 9. The highest BCUT2D eigenvalue weighted by Gasteiger charge is 2.14. The zero-order valence-corrected chi connectivity index (χ0v) is 18.3. The van der Waals surface area contributed by atoms with E-state index in [4.69, 9.17) is 0 Å². The van der Waals surface area contributed by atoms with Gasteiger partial charge in [-0.2, -0.15) is 0 Å². The Kier molecular flexibility index (Phi) is 15.7. The molecule has 0 aromatic carbocycles. The summed E-state index contributed by atoms with van der Waals surface area (Å²) in [7, 11) is 2.57. The van der Waals surface area contributed by atoms with E-state index in [-0.39, 0.29) is 34.0 Å². The van der Waals surface area contributed by atoms with Gasteiger partial charge in [0.2, 0.25) is 0 Å². The first-order valence-electron chi connectivity index (χ1n) is 8.36. The van der Waals surface area contributed by atoms with Crippen LogP contribution in [0.1, 0.15) is 64.2 Å². The average Bonchev–Trinajstić information content (AvgIpc) is 3.05. The standard InChI is InChI=1S/C16H32P2.2BrH/c1-2-6-15(5-1)9-11-17-13-14-18-12-10-16-7-3-4-8-16;;/h15-18H,1-14H2;2*1H. The van der Waals surface area contributed by atoms with Gasteiger partial charge >= 0.3 is 0 Å². The van der Waals surface area contributed by atoms with Crippen LogP contribution in [0.25, 0.3) is 0 Å². The lowest BCUT2D eigenvalue weighted by Gasteiger charge is -2.09. The zero-order valence-electron chi connectivity index (χ0n) is 12.9. The molecule has 2 fully saturated rings. The van der Waals surface area contributed by atoms with E-state index in [0.717, 1.165) is 11.8 Å². The molecule has 2 atom stereocenters. The van der Waals surface area contributed by atoms with Crippen LogP contribution in [0.4, 0.5) is 0 Å². The largest absolute Gasteiger partial charge is 0.122 e. The van der Waals surface area contributed by atoms with Crippen molar-refractivity contribution in [2.75, 3.05) is 24.6 Å². The number of hydrogen-bond acceptors (Lipinski definition) is 0. The maximum absolute atomic E-state index is 1.56. The Balaban J connectivity index is 0.00000180. The minimum absolute atomic E-state index is 0. The van der Waals surface area contributed by atoms with Crippen LogP contribution in [0.15, 0.2) is 0 Å². The fraction of sp³-hybridized carbons (Fsp3) is 1.00. The molecule has 0 bridgehead atoms. The van der Waals surface area contributed by atoms with Crippen molar-refractivity contribution in [2.24, 2.45) is 11.8 Å². The SMILES string of the molecule is Br.Br.C1CCC(CCPCCPCCC2CCCC2)C1. The highest BCUT2D eigenvalue weighted by molar-refractivity contribution is 8.93. The summed E-state index contributed by atoms with van der Waals surface area (Å²) in [6, 6.07) is 0. The maximum atomic E-state index is 1.56. The Morgan fingerprint density at radius 1 is 0.550 bits per heavy atom. The molecule has 2 unspecified atom stereocenters. The Hall–Kier alpha value is 1.82. The van der Waals surface area contributed by atoms with Crippen molar-refractivity contribution in [3.63, 3.8) is 0 Å². The predicted molar refractivity (Wildman–Crippen MR) is 110 cm³/mol. The summed E-state index contributed by atoms with van der Waals surface area (Å²) in [4.78, 5) is 0. The zero-order chi connectivity index (χ0) is 12.5. The monoisotopic (exact) mass is 446 g/mol. The smallest absolute Gasteiger partial charge is 0.0316 e. The first-order valence-corrected chi connectivity index (χ1v) is 11.2. The summed E-state index contributed by atoms with van der Waals surface area (Å²) in [6.07, 6.45) is 21.6. The molecule has 2 rings (SSSR count). The minimum atomic E-state index is 0. The molecule has 0 heterocycles. The maximum Gasteiger partial charge on any atom is -0.0316 e. The molecule has 122 valence electrons. The normalized spacial score (nSPS) is 21.0. The van der Waals surface area contributed by atoms with Gasteiger partial charge in [-0.3, -0.25) is 0 Å². The van der Waals surface area contributed by atoms with Crippen molar-refractivity contribution in [1.82, 2.24) is 0 Å². The molecule has 0 saturated heterocycles. The van der Waals surface area contributed by atoms with Gasteiger partial charge in [0.1, 0.15) is 0 Å². The van der Waals surface area contributed by atoms with Gasteiger partial charge in [-0.05, 0) is 49.3 Å². The third-order valence-electron chi connectivity index (χ3n) is 4.89. The third-order valence-corrected chi connectivity index (χ3v) is 7.88. The van der Waals surface area contributed by atoms with E-state index in [1.165, 1.54) is 42.8 Å². The van der Waals surface area contributed by atoms with Gasteiger partial charge in [-0.25, -0.2) is 0 Å². The molecule has 0 aliphatic heterocycles. The van der Waals surface area contributed by atoms with Crippen molar-refractivity contribution < 1.29 is 0 Å². The molecule has 20 heavy (non-hydrogen) atoms. The van der Waals surface area contributed by atoms with E-state index in [0.29, 0.717) is 0 Å². The van der Waals surface area contributed by atoms with Crippen LogP contribution in [-0.4, -0.2) is 24.6 Å². The molecule has 0 nitrogen and oxygen atoms in total. The van der Waals surface area contributed by atoms with Crippen molar-refractivity contribution in [1.29, 1.82) is 0 Å². The van der Waals surface area contributed by atoms with Crippen LogP contribution in [0, 0.1) is 11.8 Å². The van der Waals surface area contributed by atoms with E-state index >= 15 is 0 Å². The summed E-state index contributed by atoms with van der Waals surface area (Å²) in [6.45, 7) is 0. The lowest BCUT2D eigenvalue weighted by Crippen LogP contribution is -1.96. The molecule has 4 heteroatoms. The van der Waals surface area contributed by atoms with Crippen LogP contribution in [0.2, 0.25) is 0 Å². The van der Waals surface area contributed by atoms with E-state index in [9.17, 15) is 0 Å². The average molecular weight is 448 g/mol. The molecular formula is C16H34Br2P2. The topological polar surface area (TPSA) is 0 Å². The summed E-state index contributed by atoms with van der Waals surface area (Å²) in [5, 5.41) is 0. The predicted octanol–water partition coefficient (Wildman–Crippen LogP) is 6.66. The van der Waals surface area contributed by atoms with Crippen LogP contribution >= 0.6 is 51.1 Å². The fourth-order valence-electron chi connectivity index (χ4n) is 3.64. The van der Waals surface area contributed by atoms with Crippen LogP contribution in [-0.2, 0) is 0 Å². The molecule has 0 spiro atoms. The van der Waals surface area contributed by atoms with E-state index in [1.54, 1.807) is 63.2 Å². The van der Waals surface area contributed by atoms with Gasteiger partial charge < -0.3 is 0 Å². The van der Waals surface area contributed by atoms with Crippen molar-refractivity contribution >= 4 is 51.1 Å². The number of hydrogen-bond donors (Lipinski definition) is 0. The van der Waals surface area contributed by atoms with Crippen molar-refractivity contribution in [3.05, 3.63) is 0 Å². The Morgan fingerprint density at radius 3 is 1.25 bits per heavy atom. The highest BCUT2D eigenvalue weighted by atomic mass is 79.9. The lowest BCUT2D eigenvalue weighted by atomic mass is 10.1. The van der Waals surface area contributed by atoms with Crippen LogP contribution < -0.4 is 0 Å². The quantitative estimate of drug-likeness (QED) is 0.274. The van der Waals surface area contributed by atoms with Gasteiger partial charge in [0.15, 0.2) is 0 Å². The van der Waals surface area contributed by atoms with E-state index in [1.807, 2.05) is 0 Å². The van der Waals surface area contributed by atoms with E-state index < -0.39 is 0 Å². The molecule has 0 aromatic rings. The summed E-state index contributed by atoms with van der Waals surface area (Å²) in [5.74, 6) is 2.25. The first kappa shape index (κ1) is 21.8. The number of halogens is 2. The molecule has 2 saturated carbocycles. The Morgan fingerprint density at radius 2 is 0.900 bits per heavy atom. The second-order valence-electron chi connectivity index (χ2n) is 6.38. The minimum Gasteiger partial charge on any atom is -0.122 e. The van der Waals surface area contributed by atoms with Gasteiger partial charge in [0.05, 0.1) is 0 Å². The van der Waals surface area contributed by atoms with Gasteiger partial charge in [0, 0.05) is 0 Å². The van der Waals surface area contributed by atoms with Crippen LogP contribution in [0.5, 0.6) is 0 Å². The lowest BCUT2D eigenvalue weighted by molar-refractivity contribution is 0.534. The molecule has 0 aromatic heterocycles. The van der Waals surface area contributed by atoms with Gasteiger partial charge in [-0.1, -0.05) is 51.4 Å². The van der Waals surface area contributed by atoms with Crippen molar-refractivity contribution in [3.8, 4) is 0 Å². The molecule has 2 aliphatic rings. The molecule has 0 amide bonds. The van der Waals surface area contributed by atoms with Gasteiger partial charge in [0.25, 0.3) is 0 Å².